The van der Waals surface area contributed by atoms with Crippen molar-refractivity contribution in [1.29, 1.82) is 0 Å². The van der Waals surface area contributed by atoms with Crippen LogP contribution in [0.1, 0.15) is 30.9 Å². The molecule has 1 aromatic rings. The first kappa shape index (κ1) is 11.4. The molecule has 2 N–H and O–H groups in total. The lowest BCUT2D eigenvalue weighted by atomic mass is 9.96. The highest BCUT2D eigenvalue weighted by atomic mass is 16.5. The second-order valence-electron chi connectivity index (χ2n) is 4.23. The zero-order valence-corrected chi connectivity index (χ0v) is 9.69. The van der Waals surface area contributed by atoms with Crippen LogP contribution in [0, 0.1) is 0 Å². The molecule has 0 bridgehead atoms. The van der Waals surface area contributed by atoms with Crippen LogP contribution in [0.2, 0.25) is 0 Å². The number of para-hydroxylation sites is 1. The van der Waals surface area contributed by atoms with Gasteiger partial charge in [-0.2, -0.15) is 0 Å². The summed E-state index contributed by atoms with van der Waals surface area (Å²) in [5.74, 6) is 0.840. The van der Waals surface area contributed by atoms with Gasteiger partial charge in [0.2, 0.25) is 0 Å². The van der Waals surface area contributed by atoms with Gasteiger partial charge in [-0.15, -0.1) is 0 Å². The van der Waals surface area contributed by atoms with Gasteiger partial charge in [-0.1, -0.05) is 18.2 Å². The first-order valence-electron chi connectivity index (χ1n) is 5.81. The molecule has 1 fully saturated rings. The van der Waals surface area contributed by atoms with Crippen LogP contribution in [0.3, 0.4) is 0 Å². The SMILES string of the molecule is COc1ccccc1C(N)COC1CCC1. The summed E-state index contributed by atoms with van der Waals surface area (Å²) in [4.78, 5) is 0. The Morgan fingerprint density at radius 2 is 2.12 bits per heavy atom. The van der Waals surface area contributed by atoms with E-state index in [1.807, 2.05) is 24.3 Å². The topological polar surface area (TPSA) is 44.5 Å². The Hall–Kier alpha value is -1.06. The summed E-state index contributed by atoms with van der Waals surface area (Å²) >= 11 is 0. The van der Waals surface area contributed by atoms with E-state index in [1.165, 1.54) is 19.3 Å². The van der Waals surface area contributed by atoms with Crippen LogP contribution in [0.5, 0.6) is 5.75 Å². The highest BCUT2D eigenvalue weighted by molar-refractivity contribution is 5.35. The Morgan fingerprint density at radius 1 is 1.38 bits per heavy atom. The molecule has 0 aromatic heterocycles. The van der Waals surface area contributed by atoms with E-state index in [0.717, 1.165) is 11.3 Å². The van der Waals surface area contributed by atoms with Crippen molar-refractivity contribution in [2.24, 2.45) is 5.73 Å². The predicted molar refractivity (Wildman–Crippen MR) is 63.5 cm³/mol. The molecule has 0 radical (unpaired) electrons. The summed E-state index contributed by atoms with van der Waals surface area (Å²) in [6, 6.07) is 7.74. The normalized spacial score (nSPS) is 17.9. The number of ether oxygens (including phenoxy) is 2. The van der Waals surface area contributed by atoms with Gasteiger partial charge in [0.25, 0.3) is 0 Å². The third kappa shape index (κ3) is 2.54. The molecule has 16 heavy (non-hydrogen) atoms. The molecule has 0 spiro atoms. The van der Waals surface area contributed by atoms with Crippen molar-refractivity contribution in [3.8, 4) is 5.75 Å². The minimum absolute atomic E-state index is 0.100. The number of methoxy groups -OCH3 is 1. The van der Waals surface area contributed by atoms with Crippen LogP contribution in [0.15, 0.2) is 24.3 Å². The van der Waals surface area contributed by atoms with E-state index in [2.05, 4.69) is 0 Å². The average Bonchev–Trinajstić information content (AvgIpc) is 2.26. The van der Waals surface area contributed by atoms with Crippen LogP contribution in [-0.2, 0) is 4.74 Å². The van der Waals surface area contributed by atoms with Gasteiger partial charge in [0.1, 0.15) is 5.75 Å². The molecule has 1 aliphatic carbocycles. The minimum Gasteiger partial charge on any atom is -0.496 e. The van der Waals surface area contributed by atoms with Gasteiger partial charge in [0.05, 0.1) is 25.9 Å². The van der Waals surface area contributed by atoms with Crippen molar-refractivity contribution >= 4 is 0 Å². The molecule has 1 saturated carbocycles. The molecule has 1 aromatic carbocycles. The van der Waals surface area contributed by atoms with Crippen molar-refractivity contribution < 1.29 is 9.47 Å². The number of benzene rings is 1. The molecule has 1 aliphatic rings. The zero-order valence-electron chi connectivity index (χ0n) is 9.69. The van der Waals surface area contributed by atoms with Gasteiger partial charge >= 0.3 is 0 Å². The zero-order chi connectivity index (χ0) is 11.4. The van der Waals surface area contributed by atoms with Gasteiger partial charge in [-0.3, -0.25) is 0 Å². The first-order chi connectivity index (χ1) is 7.81. The summed E-state index contributed by atoms with van der Waals surface area (Å²) in [6.07, 6.45) is 4.08. The Morgan fingerprint density at radius 3 is 2.75 bits per heavy atom. The second-order valence-corrected chi connectivity index (χ2v) is 4.23. The van der Waals surface area contributed by atoms with Gasteiger partial charge in [0.15, 0.2) is 0 Å². The molecule has 2 rings (SSSR count). The fraction of sp³-hybridized carbons (Fsp3) is 0.538. The lowest BCUT2D eigenvalue weighted by molar-refractivity contribution is -0.00466. The molecule has 1 unspecified atom stereocenters. The Bertz CT molecular complexity index is 336. The quantitative estimate of drug-likeness (QED) is 0.829. The maximum Gasteiger partial charge on any atom is 0.123 e. The van der Waals surface area contributed by atoms with Crippen LogP contribution >= 0.6 is 0 Å². The Balaban J connectivity index is 1.93. The summed E-state index contributed by atoms with van der Waals surface area (Å²) in [6.45, 7) is 0.574. The van der Waals surface area contributed by atoms with Gasteiger partial charge in [0, 0.05) is 5.56 Å². The molecule has 1 atom stereocenters. The number of nitrogens with two attached hydrogens (primary N) is 1. The smallest absolute Gasteiger partial charge is 0.123 e. The first-order valence-corrected chi connectivity index (χ1v) is 5.81. The van der Waals surface area contributed by atoms with E-state index < -0.39 is 0 Å². The Kier molecular flexibility index (Phi) is 3.80. The van der Waals surface area contributed by atoms with E-state index in [9.17, 15) is 0 Å². The van der Waals surface area contributed by atoms with Crippen molar-refractivity contribution in [2.75, 3.05) is 13.7 Å². The fourth-order valence-electron chi connectivity index (χ4n) is 1.84. The summed E-state index contributed by atoms with van der Waals surface area (Å²) in [5, 5.41) is 0. The number of rotatable bonds is 5. The van der Waals surface area contributed by atoms with Crippen LogP contribution in [0.25, 0.3) is 0 Å². The van der Waals surface area contributed by atoms with E-state index >= 15 is 0 Å². The lowest BCUT2D eigenvalue weighted by Crippen LogP contribution is -2.27. The lowest BCUT2D eigenvalue weighted by Gasteiger charge is -2.27. The van der Waals surface area contributed by atoms with Crippen molar-refractivity contribution in [1.82, 2.24) is 0 Å². The number of hydrogen-bond donors (Lipinski definition) is 1. The van der Waals surface area contributed by atoms with Crippen molar-refractivity contribution in [3.05, 3.63) is 29.8 Å². The third-order valence-electron chi connectivity index (χ3n) is 3.10. The fourth-order valence-corrected chi connectivity index (χ4v) is 1.84. The van der Waals surface area contributed by atoms with E-state index in [1.54, 1.807) is 7.11 Å². The summed E-state index contributed by atoms with van der Waals surface area (Å²) < 4.78 is 11.0. The highest BCUT2D eigenvalue weighted by Gasteiger charge is 2.20. The van der Waals surface area contributed by atoms with Crippen LogP contribution in [-0.4, -0.2) is 19.8 Å². The van der Waals surface area contributed by atoms with E-state index in [-0.39, 0.29) is 6.04 Å². The van der Waals surface area contributed by atoms with Gasteiger partial charge in [-0.25, -0.2) is 0 Å². The molecule has 0 heterocycles. The van der Waals surface area contributed by atoms with Gasteiger partial charge in [-0.05, 0) is 25.3 Å². The largest absolute Gasteiger partial charge is 0.496 e. The van der Waals surface area contributed by atoms with Crippen LogP contribution < -0.4 is 10.5 Å². The third-order valence-corrected chi connectivity index (χ3v) is 3.10. The van der Waals surface area contributed by atoms with E-state index in [0.29, 0.717) is 12.7 Å². The monoisotopic (exact) mass is 221 g/mol. The standard InChI is InChI=1S/C13H19NO2/c1-15-13-8-3-2-7-11(13)12(14)9-16-10-5-4-6-10/h2-3,7-8,10,12H,4-6,9,14H2,1H3. The molecule has 3 nitrogen and oxygen atoms in total. The van der Waals surface area contributed by atoms with Crippen LogP contribution in [0.4, 0.5) is 0 Å². The highest BCUT2D eigenvalue weighted by Crippen LogP contribution is 2.26. The molecular formula is C13H19NO2. The summed E-state index contributed by atoms with van der Waals surface area (Å²) in [5.41, 5.74) is 7.11. The predicted octanol–water partition coefficient (Wildman–Crippen LogP) is 2.26. The van der Waals surface area contributed by atoms with Crippen molar-refractivity contribution in [3.63, 3.8) is 0 Å². The van der Waals surface area contributed by atoms with E-state index in [4.69, 9.17) is 15.2 Å². The molecular weight excluding hydrogens is 202 g/mol. The molecule has 0 saturated heterocycles. The summed E-state index contributed by atoms with van der Waals surface area (Å²) in [7, 11) is 1.67. The van der Waals surface area contributed by atoms with Gasteiger partial charge < -0.3 is 15.2 Å². The molecule has 0 amide bonds. The number of hydrogen-bond acceptors (Lipinski definition) is 3. The maximum atomic E-state index is 6.09. The average molecular weight is 221 g/mol. The molecule has 3 heteroatoms. The molecule has 88 valence electrons. The Labute approximate surface area is 96.5 Å². The minimum atomic E-state index is -0.100. The van der Waals surface area contributed by atoms with Crippen molar-refractivity contribution in [2.45, 2.75) is 31.4 Å². The second kappa shape index (κ2) is 5.32. The maximum absolute atomic E-state index is 6.09. The molecule has 0 aliphatic heterocycles.